The summed E-state index contributed by atoms with van der Waals surface area (Å²) in [5.74, 6) is -0.330. The van der Waals surface area contributed by atoms with Crippen molar-refractivity contribution in [3.63, 3.8) is 0 Å². The highest BCUT2D eigenvalue weighted by Gasteiger charge is 2.28. The zero-order valence-electron chi connectivity index (χ0n) is 15.7. The number of carbonyl (C=O) groups excluding carboxylic acids is 1. The van der Waals surface area contributed by atoms with E-state index in [1.807, 2.05) is 0 Å². The van der Waals surface area contributed by atoms with Crippen molar-refractivity contribution >= 4 is 5.91 Å². The first kappa shape index (κ1) is 19.8. The molecule has 0 spiro atoms. The molecule has 2 N–H and O–H groups in total. The molecule has 0 radical (unpaired) electrons. The molecule has 3 rings (SSSR count). The summed E-state index contributed by atoms with van der Waals surface area (Å²) in [5.41, 5.74) is 0.779. The van der Waals surface area contributed by atoms with Gasteiger partial charge in [-0.15, -0.1) is 0 Å². The third kappa shape index (κ3) is 4.01. The summed E-state index contributed by atoms with van der Waals surface area (Å²) < 4.78 is 2.85. The van der Waals surface area contributed by atoms with Crippen molar-refractivity contribution in [2.75, 3.05) is 26.3 Å². The highest BCUT2D eigenvalue weighted by Crippen LogP contribution is 2.27. The first-order valence-electron chi connectivity index (χ1n) is 9.95. The Morgan fingerprint density at radius 2 is 1.67 bits per heavy atom. The Labute approximate surface area is 158 Å². The van der Waals surface area contributed by atoms with Crippen molar-refractivity contribution in [2.24, 2.45) is 0 Å². The molecule has 2 aliphatic carbocycles. The number of aliphatic hydroxyl groups excluding tert-OH is 2. The van der Waals surface area contributed by atoms with E-state index in [9.17, 15) is 14.4 Å². The Morgan fingerprint density at radius 3 is 2.30 bits per heavy atom. The monoisotopic (exact) mass is 379 g/mol. The highest BCUT2D eigenvalue weighted by molar-refractivity contribution is 5.76. The van der Waals surface area contributed by atoms with Gasteiger partial charge in [0.2, 0.25) is 5.91 Å². The fourth-order valence-corrected chi connectivity index (χ4v) is 4.40. The van der Waals surface area contributed by atoms with Gasteiger partial charge in [-0.2, -0.15) is 0 Å². The van der Waals surface area contributed by atoms with Gasteiger partial charge in [0.25, 0.3) is 5.56 Å². The number of rotatable bonds is 7. The summed E-state index contributed by atoms with van der Waals surface area (Å²) in [6, 6.07) is -0.0861. The molecule has 0 unspecified atom stereocenters. The summed E-state index contributed by atoms with van der Waals surface area (Å²) in [4.78, 5) is 40.1. The number of fused-ring (bicyclic) bond motifs is 1. The fraction of sp³-hybridized carbons (Fsp3) is 0.737. The maximum absolute atomic E-state index is 13.2. The molecule has 1 aromatic rings. The van der Waals surface area contributed by atoms with Crippen molar-refractivity contribution in [2.45, 2.75) is 64.0 Å². The van der Waals surface area contributed by atoms with Crippen LogP contribution in [0.25, 0.3) is 0 Å². The van der Waals surface area contributed by atoms with E-state index in [1.165, 1.54) is 14.0 Å². The van der Waals surface area contributed by atoms with Gasteiger partial charge in [-0.1, -0.05) is 19.3 Å². The third-order valence-electron chi connectivity index (χ3n) is 5.75. The number of hydrogen-bond donors (Lipinski definition) is 2. The Kier molecular flexibility index (Phi) is 6.49. The molecule has 0 saturated heterocycles. The van der Waals surface area contributed by atoms with Crippen molar-refractivity contribution in [1.82, 2.24) is 14.0 Å². The molecule has 150 valence electrons. The minimum absolute atomic E-state index is 0.0861. The van der Waals surface area contributed by atoms with Crippen molar-refractivity contribution < 1.29 is 15.0 Å². The average molecular weight is 379 g/mol. The molecule has 1 fully saturated rings. The minimum atomic E-state index is -0.395. The molecule has 27 heavy (non-hydrogen) atoms. The van der Waals surface area contributed by atoms with Crippen LogP contribution in [0, 0.1) is 0 Å². The molecular weight excluding hydrogens is 350 g/mol. The fourth-order valence-electron chi connectivity index (χ4n) is 4.40. The first-order chi connectivity index (χ1) is 13.1. The number of amides is 1. The summed E-state index contributed by atoms with van der Waals surface area (Å²) in [7, 11) is 0. The zero-order chi connectivity index (χ0) is 19.4. The van der Waals surface area contributed by atoms with E-state index in [1.54, 1.807) is 0 Å². The topological polar surface area (TPSA) is 105 Å². The number of nitrogens with zero attached hydrogens (tertiary/aromatic N) is 3. The predicted octanol–water partition coefficient (Wildman–Crippen LogP) is -0.183. The van der Waals surface area contributed by atoms with E-state index in [-0.39, 0.29) is 50.4 Å². The number of carbonyl (C=O) groups is 1. The molecule has 0 aromatic carbocycles. The molecule has 2 aliphatic rings. The van der Waals surface area contributed by atoms with E-state index < -0.39 is 5.69 Å². The van der Waals surface area contributed by atoms with Crippen LogP contribution < -0.4 is 11.2 Å². The summed E-state index contributed by atoms with van der Waals surface area (Å²) in [5, 5.41) is 18.3. The van der Waals surface area contributed by atoms with Crippen molar-refractivity contribution in [1.29, 1.82) is 0 Å². The first-order valence-corrected chi connectivity index (χ1v) is 9.95. The van der Waals surface area contributed by atoms with E-state index in [4.69, 9.17) is 10.2 Å². The van der Waals surface area contributed by atoms with Crippen LogP contribution in [0.2, 0.25) is 0 Å². The van der Waals surface area contributed by atoms with Crippen molar-refractivity contribution in [3.8, 4) is 0 Å². The lowest BCUT2D eigenvalue weighted by Gasteiger charge is -2.26. The molecule has 0 bridgehead atoms. The lowest BCUT2D eigenvalue weighted by molar-refractivity contribution is -0.133. The number of hydrogen-bond acceptors (Lipinski definition) is 5. The normalized spacial score (nSPS) is 17.1. The van der Waals surface area contributed by atoms with Crippen LogP contribution >= 0.6 is 0 Å². The SMILES string of the molecule is O=C(Cn1c2c(c(=O)n(C3CCCCC3)c1=O)CCC2)N(CCO)CCO. The van der Waals surface area contributed by atoms with Crippen LogP contribution in [0.5, 0.6) is 0 Å². The van der Waals surface area contributed by atoms with E-state index in [0.29, 0.717) is 24.1 Å². The average Bonchev–Trinajstić information content (AvgIpc) is 3.16. The molecule has 0 aliphatic heterocycles. The van der Waals surface area contributed by atoms with E-state index >= 15 is 0 Å². The lowest BCUT2D eigenvalue weighted by atomic mass is 9.95. The largest absolute Gasteiger partial charge is 0.395 e. The van der Waals surface area contributed by atoms with Gasteiger partial charge in [-0.05, 0) is 32.1 Å². The van der Waals surface area contributed by atoms with Crippen molar-refractivity contribution in [3.05, 3.63) is 32.1 Å². The van der Waals surface area contributed by atoms with Gasteiger partial charge in [-0.25, -0.2) is 4.79 Å². The molecule has 1 amide bonds. The van der Waals surface area contributed by atoms with Gasteiger partial charge in [0.05, 0.1) is 13.2 Å². The molecule has 8 heteroatoms. The van der Waals surface area contributed by atoms with Crippen LogP contribution in [0.1, 0.15) is 55.8 Å². The zero-order valence-corrected chi connectivity index (χ0v) is 15.7. The predicted molar refractivity (Wildman–Crippen MR) is 99.9 cm³/mol. The molecule has 8 nitrogen and oxygen atoms in total. The quantitative estimate of drug-likeness (QED) is 0.684. The minimum Gasteiger partial charge on any atom is -0.395 e. The maximum atomic E-state index is 13.2. The van der Waals surface area contributed by atoms with Crippen LogP contribution in [0.4, 0.5) is 0 Å². The molecule has 0 atom stereocenters. The van der Waals surface area contributed by atoms with E-state index in [0.717, 1.165) is 38.5 Å². The van der Waals surface area contributed by atoms with Crippen LogP contribution in [0.3, 0.4) is 0 Å². The van der Waals surface area contributed by atoms with E-state index in [2.05, 4.69) is 0 Å². The maximum Gasteiger partial charge on any atom is 0.331 e. The van der Waals surface area contributed by atoms with Crippen LogP contribution in [-0.2, 0) is 24.2 Å². The molecule has 1 saturated carbocycles. The second-order valence-electron chi connectivity index (χ2n) is 7.44. The smallest absolute Gasteiger partial charge is 0.331 e. The molecule has 1 aromatic heterocycles. The Balaban J connectivity index is 1.99. The van der Waals surface area contributed by atoms with Gasteiger partial charge in [0.15, 0.2) is 0 Å². The highest BCUT2D eigenvalue weighted by atomic mass is 16.3. The summed E-state index contributed by atoms with van der Waals surface area (Å²) in [6.07, 6.45) is 6.86. The lowest BCUT2D eigenvalue weighted by Crippen LogP contribution is -2.47. The third-order valence-corrected chi connectivity index (χ3v) is 5.75. The van der Waals surface area contributed by atoms with Gasteiger partial charge < -0.3 is 15.1 Å². The van der Waals surface area contributed by atoms with Gasteiger partial charge in [0, 0.05) is 30.4 Å². The Hall–Kier alpha value is -1.93. The number of aromatic nitrogens is 2. The second-order valence-corrected chi connectivity index (χ2v) is 7.44. The Morgan fingerprint density at radius 1 is 1.00 bits per heavy atom. The van der Waals surface area contributed by atoms with Gasteiger partial charge in [0.1, 0.15) is 6.54 Å². The molecule has 1 heterocycles. The van der Waals surface area contributed by atoms with Gasteiger partial charge >= 0.3 is 5.69 Å². The summed E-state index contributed by atoms with van der Waals surface area (Å²) in [6.45, 7) is -0.355. The Bertz CT molecular complexity index is 786. The van der Waals surface area contributed by atoms with Crippen LogP contribution in [0.15, 0.2) is 9.59 Å². The van der Waals surface area contributed by atoms with Gasteiger partial charge in [-0.3, -0.25) is 18.7 Å². The number of aliphatic hydroxyl groups is 2. The second kappa shape index (κ2) is 8.84. The summed E-state index contributed by atoms with van der Waals surface area (Å²) >= 11 is 0. The van der Waals surface area contributed by atoms with Crippen LogP contribution in [-0.4, -0.2) is 56.5 Å². The standard InChI is InChI=1S/C19H29N3O5/c23-11-9-20(10-12-24)17(25)13-21-16-8-4-7-15(16)18(26)22(19(21)27)14-5-2-1-3-6-14/h14,23-24H,1-13H2. The molecular formula is C19H29N3O5.